The molecular weight excluding hydrogens is 339 g/mol. The van der Waals surface area contributed by atoms with Crippen molar-refractivity contribution in [3.8, 4) is 0 Å². The van der Waals surface area contributed by atoms with E-state index in [9.17, 15) is 0 Å². The van der Waals surface area contributed by atoms with E-state index in [0.29, 0.717) is 22.5 Å². The average Bonchev–Trinajstić information content (AvgIpc) is 2.41. The number of hydrogen-bond donors (Lipinski definition) is 2. The molecule has 0 spiro atoms. The summed E-state index contributed by atoms with van der Waals surface area (Å²) in [5.41, 5.74) is 0.937. The molecule has 1 aromatic heterocycles. The van der Waals surface area contributed by atoms with Gasteiger partial charge in [-0.3, -0.25) is 0 Å². The number of thiocarbonyl (C=S) groups is 1. The molecule has 0 aliphatic rings. The lowest BCUT2D eigenvalue weighted by Crippen LogP contribution is -2.28. The van der Waals surface area contributed by atoms with E-state index >= 15 is 0 Å². The van der Waals surface area contributed by atoms with Crippen molar-refractivity contribution >= 4 is 58.0 Å². The summed E-state index contributed by atoms with van der Waals surface area (Å²) in [4.78, 5) is 7.86. The van der Waals surface area contributed by atoms with Gasteiger partial charge in [-0.1, -0.05) is 53.0 Å². The fourth-order valence-electron chi connectivity index (χ4n) is 1.40. The van der Waals surface area contributed by atoms with Crippen LogP contribution in [0, 0.1) is 0 Å². The first-order valence-electron chi connectivity index (χ1n) is 5.52. The van der Waals surface area contributed by atoms with Crippen LogP contribution in [0.1, 0.15) is 5.56 Å². The number of aromatic nitrogens is 2. The Morgan fingerprint density at radius 2 is 1.95 bits per heavy atom. The third-order valence-corrected chi connectivity index (χ3v) is 3.39. The normalized spacial score (nSPS) is 10.2. The summed E-state index contributed by atoms with van der Waals surface area (Å²) >= 11 is 22.7. The molecule has 0 bridgehead atoms. The molecule has 0 aliphatic carbocycles. The van der Waals surface area contributed by atoms with Gasteiger partial charge in [-0.25, -0.2) is 9.97 Å². The summed E-state index contributed by atoms with van der Waals surface area (Å²) in [6.45, 7) is 0.490. The van der Waals surface area contributed by atoms with E-state index in [0.717, 1.165) is 5.56 Å². The minimum atomic E-state index is 0.152. The average molecular weight is 348 g/mol. The van der Waals surface area contributed by atoms with E-state index in [1.165, 1.54) is 6.20 Å². The second kappa shape index (κ2) is 7.04. The van der Waals surface area contributed by atoms with Crippen molar-refractivity contribution in [2.45, 2.75) is 6.54 Å². The molecule has 0 atom stereocenters. The number of hydrogen-bond acceptors (Lipinski definition) is 3. The highest BCUT2D eigenvalue weighted by molar-refractivity contribution is 7.80. The minimum absolute atomic E-state index is 0.152. The lowest BCUT2D eigenvalue weighted by atomic mass is 10.2. The molecule has 1 aromatic carbocycles. The van der Waals surface area contributed by atoms with E-state index in [2.05, 4.69) is 20.6 Å². The maximum Gasteiger partial charge on any atom is 0.173 e. The topological polar surface area (TPSA) is 49.8 Å². The molecule has 1 heterocycles. The van der Waals surface area contributed by atoms with Gasteiger partial charge in [0.25, 0.3) is 0 Å². The van der Waals surface area contributed by atoms with Gasteiger partial charge in [-0.15, -0.1) is 0 Å². The molecular formula is C12H9Cl3N4S. The summed E-state index contributed by atoms with van der Waals surface area (Å²) < 4.78 is 0. The van der Waals surface area contributed by atoms with Gasteiger partial charge < -0.3 is 10.6 Å². The quantitative estimate of drug-likeness (QED) is 0.824. The SMILES string of the molecule is S=C(NCc1ccccc1Cl)Nc1ncc(Cl)nc1Cl. The zero-order chi connectivity index (χ0) is 14.5. The first-order chi connectivity index (χ1) is 9.56. The Kier molecular flexibility index (Phi) is 5.37. The highest BCUT2D eigenvalue weighted by Crippen LogP contribution is 2.18. The molecule has 0 radical (unpaired) electrons. The van der Waals surface area contributed by atoms with E-state index in [-0.39, 0.29) is 10.3 Å². The van der Waals surface area contributed by atoms with Crippen LogP contribution in [0.15, 0.2) is 30.5 Å². The summed E-state index contributed by atoms with van der Waals surface area (Å²) in [7, 11) is 0. The monoisotopic (exact) mass is 346 g/mol. The van der Waals surface area contributed by atoms with Crippen molar-refractivity contribution in [2.75, 3.05) is 5.32 Å². The van der Waals surface area contributed by atoms with Crippen LogP contribution in [-0.4, -0.2) is 15.1 Å². The third-order valence-electron chi connectivity index (χ3n) is 2.33. The number of anilines is 1. The van der Waals surface area contributed by atoms with Crippen molar-refractivity contribution in [3.05, 3.63) is 51.4 Å². The van der Waals surface area contributed by atoms with Gasteiger partial charge in [0.15, 0.2) is 16.1 Å². The van der Waals surface area contributed by atoms with Crippen molar-refractivity contribution in [1.29, 1.82) is 0 Å². The Labute approximate surface area is 136 Å². The number of rotatable bonds is 3. The summed E-state index contributed by atoms with van der Waals surface area (Å²) in [6.07, 6.45) is 1.38. The van der Waals surface area contributed by atoms with Gasteiger partial charge in [0.2, 0.25) is 0 Å². The second-order valence-corrected chi connectivity index (χ2v) is 5.29. The minimum Gasteiger partial charge on any atom is -0.358 e. The van der Waals surface area contributed by atoms with Gasteiger partial charge >= 0.3 is 0 Å². The Hall–Kier alpha value is -1.14. The molecule has 2 aromatic rings. The molecule has 0 aliphatic heterocycles. The number of nitrogens with zero attached hydrogens (tertiary/aromatic N) is 2. The first kappa shape index (κ1) is 15.3. The van der Waals surface area contributed by atoms with Crippen LogP contribution in [0.2, 0.25) is 15.3 Å². The van der Waals surface area contributed by atoms with Gasteiger partial charge in [-0.2, -0.15) is 0 Å². The molecule has 8 heteroatoms. The standard InChI is InChI=1S/C12H9Cl3N4S/c13-8-4-2-1-3-7(8)5-17-12(20)19-11-10(15)18-9(14)6-16-11/h1-4,6H,5H2,(H2,16,17,19,20). The molecule has 20 heavy (non-hydrogen) atoms. The molecule has 0 unspecified atom stereocenters. The van der Waals surface area contributed by atoms with Crippen LogP contribution in [0.25, 0.3) is 0 Å². The Morgan fingerprint density at radius 3 is 2.65 bits per heavy atom. The van der Waals surface area contributed by atoms with Gasteiger partial charge in [0.1, 0.15) is 5.15 Å². The zero-order valence-electron chi connectivity index (χ0n) is 10.0. The highest BCUT2D eigenvalue weighted by atomic mass is 35.5. The summed E-state index contributed by atoms with van der Waals surface area (Å²) in [6, 6.07) is 7.50. The van der Waals surface area contributed by atoms with E-state index < -0.39 is 0 Å². The fraction of sp³-hybridized carbons (Fsp3) is 0.0833. The smallest absolute Gasteiger partial charge is 0.173 e. The van der Waals surface area contributed by atoms with E-state index in [1.54, 1.807) is 0 Å². The van der Waals surface area contributed by atoms with Crippen LogP contribution in [0.3, 0.4) is 0 Å². The summed E-state index contributed by atoms with van der Waals surface area (Å²) in [5, 5.41) is 7.25. The van der Waals surface area contributed by atoms with E-state index in [4.69, 9.17) is 47.0 Å². The Morgan fingerprint density at radius 1 is 1.20 bits per heavy atom. The fourth-order valence-corrected chi connectivity index (χ4v) is 2.13. The predicted octanol–water partition coefficient (Wildman–Crippen LogP) is 3.92. The first-order valence-corrected chi connectivity index (χ1v) is 7.07. The van der Waals surface area contributed by atoms with E-state index in [1.807, 2.05) is 24.3 Å². The van der Waals surface area contributed by atoms with Crippen LogP contribution in [0.4, 0.5) is 5.82 Å². The van der Waals surface area contributed by atoms with Crippen LogP contribution in [0.5, 0.6) is 0 Å². The molecule has 0 amide bonds. The van der Waals surface area contributed by atoms with Crippen LogP contribution < -0.4 is 10.6 Å². The predicted molar refractivity (Wildman–Crippen MR) is 86.6 cm³/mol. The molecule has 0 saturated carbocycles. The third kappa shape index (κ3) is 4.18. The lowest BCUT2D eigenvalue weighted by molar-refractivity contribution is 0.925. The van der Waals surface area contributed by atoms with Gasteiger partial charge in [0.05, 0.1) is 6.20 Å². The second-order valence-electron chi connectivity index (χ2n) is 3.73. The van der Waals surface area contributed by atoms with Crippen molar-refractivity contribution in [2.24, 2.45) is 0 Å². The molecule has 0 saturated heterocycles. The number of halogens is 3. The van der Waals surface area contributed by atoms with Gasteiger partial charge in [-0.05, 0) is 23.8 Å². The number of nitrogens with one attached hydrogen (secondary N) is 2. The number of benzene rings is 1. The van der Waals surface area contributed by atoms with Crippen molar-refractivity contribution < 1.29 is 0 Å². The molecule has 104 valence electrons. The molecule has 0 fully saturated rings. The largest absolute Gasteiger partial charge is 0.358 e. The maximum absolute atomic E-state index is 6.05. The van der Waals surface area contributed by atoms with Gasteiger partial charge in [0, 0.05) is 11.6 Å². The zero-order valence-corrected chi connectivity index (χ0v) is 13.1. The Balaban J connectivity index is 1.94. The van der Waals surface area contributed by atoms with Crippen molar-refractivity contribution in [3.63, 3.8) is 0 Å². The lowest BCUT2D eigenvalue weighted by Gasteiger charge is -2.11. The molecule has 2 N–H and O–H groups in total. The Bertz CT molecular complexity index is 636. The van der Waals surface area contributed by atoms with Crippen LogP contribution >= 0.6 is 47.0 Å². The van der Waals surface area contributed by atoms with Crippen molar-refractivity contribution in [1.82, 2.24) is 15.3 Å². The molecule has 2 rings (SSSR count). The highest BCUT2D eigenvalue weighted by Gasteiger charge is 2.07. The molecule has 4 nitrogen and oxygen atoms in total. The summed E-state index contributed by atoms with van der Waals surface area (Å²) in [5.74, 6) is 0.340. The van der Waals surface area contributed by atoms with Crippen LogP contribution in [-0.2, 0) is 6.54 Å². The maximum atomic E-state index is 6.05.